The van der Waals surface area contributed by atoms with Crippen molar-refractivity contribution in [1.82, 2.24) is 4.57 Å². The first kappa shape index (κ1) is 17.0. The van der Waals surface area contributed by atoms with Crippen molar-refractivity contribution in [2.45, 2.75) is 0 Å². The van der Waals surface area contributed by atoms with E-state index in [1.54, 1.807) is 49.5 Å². The number of carbonyl (C=O) groups is 2. The van der Waals surface area contributed by atoms with Gasteiger partial charge in [0.15, 0.2) is 0 Å². The lowest BCUT2D eigenvalue weighted by molar-refractivity contribution is 0.0680. The molecule has 0 aliphatic rings. The maximum atomic E-state index is 11.5. The first-order valence-corrected chi connectivity index (χ1v) is 7.69. The van der Waals surface area contributed by atoms with Crippen molar-refractivity contribution >= 4 is 11.9 Å². The van der Waals surface area contributed by atoms with Crippen LogP contribution in [-0.4, -0.2) is 26.7 Å². The summed E-state index contributed by atoms with van der Waals surface area (Å²) in [6.07, 6.45) is 1.49. The van der Waals surface area contributed by atoms with E-state index in [0.29, 0.717) is 11.1 Å². The molecule has 0 amide bonds. The zero-order chi connectivity index (χ0) is 18.8. The number of carboxylic acid groups (broad SMARTS) is 2. The van der Waals surface area contributed by atoms with Crippen LogP contribution in [0.5, 0.6) is 0 Å². The molecule has 0 fully saturated rings. The van der Waals surface area contributed by atoms with Gasteiger partial charge in [-0.2, -0.15) is 5.26 Å². The number of hydrogen-bond acceptors (Lipinski definition) is 3. The van der Waals surface area contributed by atoms with Crippen LogP contribution in [0.2, 0.25) is 0 Å². The third-order valence-corrected chi connectivity index (χ3v) is 4.12. The largest absolute Gasteiger partial charge is 0.478 e. The zero-order valence-electron chi connectivity index (χ0n) is 13.8. The van der Waals surface area contributed by atoms with Gasteiger partial charge in [-0.05, 0) is 28.8 Å². The highest BCUT2D eigenvalue weighted by molar-refractivity contribution is 5.97. The minimum Gasteiger partial charge on any atom is -0.478 e. The minimum atomic E-state index is -1.11. The quantitative estimate of drug-likeness (QED) is 0.751. The van der Waals surface area contributed by atoms with E-state index in [9.17, 15) is 20.0 Å². The highest BCUT2D eigenvalue weighted by Gasteiger charge is 2.21. The summed E-state index contributed by atoms with van der Waals surface area (Å²) in [6, 6.07) is 15.6. The van der Waals surface area contributed by atoms with Gasteiger partial charge in [0.1, 0.15) is 11.8 Å². The Kier molecular flexibility index (Phi) is 4.29. The molecule has 3 aromatic rings. The van der Waals surface area contributed by atoms with E-state index in [1.165, 1.54) is 16.8 Å². The van der Waals surface area contributed by atoms with Crippen LogP contribution >= 0.6 is 0 Å². The number of aromatic nitrogens is 1. The third kappa shape index (κ3) is 2.94. The maximum Gasteiger partial charge on any atom is 0.353 e. The topological polar surface area (TPSA) is 103 Å². The SMILES string of the molecule is Cn1cc(C#N)c(-c2ccc(-c3cccc(C(=O)O)c3)cc2)c1C(=O)O. The van der Waals surface area contributed by atoms with Gasteiger partial charge < -0.3 is 14.8 Å². The molecule has 0 saturated carbocycles. The second kappa shape index (κ2) is 6.57. The van der Waals surface area contributed by atoms with E-state index in [-0.39, 0.29) is 16.8 Å². The highest BCUT2D eigenvalue weighted by atomic mass is 16.4. The summed E-state index contributed by atoms with van der Waals surface area (Å²) in [5.41, 5.74) is 3.03. The monoisotopic (exact) mass is 346 g/mol. The Morgan fingerprint density at radius 1 is 0.962 bits per heavy atom. The number of aryl methyl sites for hydroxylation is 1. The summed E-state index contributed by atoms with van der Waals surface area (Å²) in [7, 11) is 1.58. The lowest BCUT2D eigenvalue weighted by atomic mass is 9.97. The van der Waals surface area contributed by atoms with Crippen LogP contribution in [0.1, 0.15) is 26.4 Å². The van der Waals surface area contributed by atoms with Crippen LogP contribution in [0.3, 0.4) is 0 Å². The van der Waals surface area contributed by atoms with Gasteiger partial charge in [-0.3, -0.25) is 0 Å². The average Bonchev–Trinajstić information content (AvgIpc) is 2.98. The predicted molar refractivity (Wildman–Crippen MR) is 94.9 cm³/mol. The van der Waals surface area contributed by atoms with E-state index in [4.69, 9.17) is 5.11 Å². The minimum absolute atomic E-state index is 0.0437. The van der Waals surface area contributed by atoms with Gasteiger partial charge in [0.25, 0.3) is 0 Å². The Bertz CT molecular complexity index is 1060. The Morgan fingerprint density at radius 3 is 2.19 bits per heavy atom. The van der Waals surface area contributed by atoms with E-state index >= 15 is 0 Å². The normalized spacial score (nSPS) is 10.3. The second-order valence-corrected chi connectivity index (χ2v) is 5.76. The Hall–Kier alpha value is -3.85. The van der Waals surface area contributed by atoms with Crippen molar-refractivity contribution in [2.75, 3.05) is 0 Å². The highest BCUT2D eigenvalue weighted by Crippen LogP contribution is 2.31. The fourth-order valence-corrected chi connectivity index (χ4v) is 2.92. The van der Waals surface area contributed by atoms with Gasteiger partial charge in [-0.25, -0.2) is 9.59 Å². The lowest BCUT2D eigenvalue weighted by Crippen LogP contribution is -2.05. The molecule has 6 heteroatoms. The standard InChI is InChI=1S/C20H14N2O4/c1-22-11-16(10-21)17(18(22)20(25)26)13-7-5-12(6-8-13)14-3-2-4-15(9-14)19(23)24/h2-9,11H,1H3,(H,23,24)(H,25,26). The fraction of sp³-hybridized carbons (Fsp3) is 0.0500. The molecule has 1 aromatic heterocycles. The summed E-state index contributed by atoms with van der Waals surface area (Å²) in [6.45, 7) is 0. The van der Waals surface area contributed by atoms with Crippen molar-refractivity contribution < 1.29 is 19.8 Å². The molecule has 0 aliphatic carbocycles. The molecule has 0 bridgehead atoms. The molecule has 128 valence electrons. The van der Waals surface area contributed by atoms with E-state index in [2.05, 4.69) is 0 Å². The number of nitriles is 1. The molecular weight excluding hydrogens is 332 g/mol. The van der Waals surface area contributed by atoms with Crippen LogP contribution in [-0.2, 0) is 7.05 Å². The van der Waals surface area contributed by atoms with Gasteiger partial charge in [-0.15, -0.1) is 0 Å². The maximum absolute atomic E-state index is 11.5. The summed E-state index contributed by atoms with van der Waals surface area (Å²) in [4.78, 5) is 22.7. The zero-order valence-corrected chi connectivity index (χ0v) is 13.8. The van der Waals surface area contributed by atoms with Gasteiger partial charge >= 0.3 is 11.9 Å². The van der Waals surface area contributed by atoms with E-state index < -0.39 is 11.9 Å². The summed E-state index contributed by atoms with van der Waals surface area (Å²) < 4.78 is 1.42. The van der Waals surface area contributed by atoms with Crippen molar-refractivity contribution in [3.8, 4) is 28.3 Å². The van der Waals surface area contributed by atoms with Crippen molar-refractivity contribution in [3.05, 3.63) is 71.5 Å². The number of benzene rings is 2. The van der Waals surface area contributed by atoms with Gasteiger partial charge in [0.05, 0.1) is 11.1 Å². The molecule has 0 saturated heterocycles. The summed E-state index contributed by atoms with van der Waals surface area (Å²) in [5.74, 6) is -2.11. The molecule has 2 N–H and O–H groups in total. The van der Waals surface area contributed by atoms with Crippen LogP contribution < -0.4 is 0 Å². The molecular formula is C20H14N2O4. The lowest BCUT2D eigenvalue weighted by Gasteiger charge is -2.07. The van der Waals surface area contributed by atoms with Crippen LogP contribution in [0.15, 0.2) is 54.7 Å². The summed E-state index contributed by atoms with van der Waals surface area (Å²) in [5, 5.41) is 27.9. The number of nitrogens with zero attached hydrogens (tertiary/aromatic N) is 2. The first-order chi connectivity index (χ1) is 12.4. The molecule has 1 heterocycles. The Labute approximate surface area is 149 Å². The number of aromatic carboxylic acids is 2. The number of carboxylic acids is 2. The van der Waals surface area contributed by atoms with Gasteiger partial charge in [0.2, 0.25) is 0 Å². The van der Waals surface area contributed by atoms with Crippen molar-refractivity contribution in [3.63, 3.8) is 0 Å². The smallest absolute Gasteiger partial charge is 0.353 e. The third-order valence-electron chi connectivity index (χ3n) is 4.12. The molecule has 0 aliphatic heterocycles. The molecule has 0 radical (unpaired) electrons. The van der Waals surface area contributed by atoms with Crippen molar-refractivity contribution in [1.29, 1.82) is 5.26 Å². The van der Waals surface area contributed by atoms with Crippen LogP contribution in [0, 0.1) is 11.3 Å². The van der Waals surface area contributed by atoms with E-state index in [1.807, 2.05) is 6.07 Å². The molecule has 3 rings (SSSR count). The van der Waals surface area contributed by atoms with E-state index in [0.717, 1.165) is 11.1 Å². The molecule has 0 unspecified atom stereocenters. The van der Waals surface area contributed by atoms with Crippen molar-refractivity contribution in [2.24, 2.45) is 7.05 Å². The Morgan fingerprint density at radius 2 is 1.62 bits per heavy atom. The molecule has 26 heavy (non-hydrogen) atoms. The molecule has 2 aromatic carbocycles. The van der Waals surface area contributed by atoms with Crippen LogP contribution in [0.4, 0.5) is 0 Å². The predicted octanol–water partition coefficient (Wildman–Crippen LogP) is 3.63. The first-order valence-electron chi connectivity index (χ1n) is 7.69. The fourth-order valence-electron chi connectivity index (χ4n) is 2.92. The summed E-state index contributed by atoms with van der Waals surface area (Å²) >= 11 is 0. The average molecular weight is 346 g/mol. The second-order valence-electron chi connectivity index (χ2n) is 5.76. The molecule has 0 spiro atoms. The number of rotatable bonds is 4. The molecule has 6 nitrogen and oxygen atoms in total. The van der Waals surface area contributed by atoms with Gasteiger partial charge in [-0.1, -0.05) is 36.4 Å². The molecule has 0 atom stereocenters. The Balaban J connectivity index is 2.07. The van der Waals surface area contributed by atoms with Gasteiger partial charge in [0, 0.05) is 18.8 Å². The number of hydrogen-bond donors (Lipinski definition) is 2. The van der Waals surface area contributed by atoms with Crippen LogP contribution in [0.25, 0.3) is 22.3 Å².